The van der Waals surface area contributed by atoms with Gasteiger partial charge in [0, 0.05) is 70.0 Å². The number of thiophene rings is 1. The van der Waals surface area contributed by atoms with Crippen molar-refractivity contribution >= 4 is 154 Å². The van der Waals surface area contributed by atoms with Crippen molar-refractivity contribution in [2.45, 2.75) is 0 Å². The Balaban J connectivity index is 0.000000109. The summed E-state index contributed by atoms with van der Waals surface area (Å²) in [6.07, 6.45) is 0. The summed E-state index contributed by atoms with van der Waals surface area (Å²) in [6, 6.07) is 103. The molecule has 0 aliphatic rings. The van der Waals surface area contributed by atoms with Crippen molar-refractivity contribution in [2.75, 3.05) is 0 Å². The van der Waals surface area contributed by atoms with E-state index < -0.39 is 0 Å². The number of hydrogen-bond acceptors (Lipinski definition) is 9. The lowest BCUT2D eigenvalue weighted by Gasteiger charge is -2.11. The largest absolute Gasteiger partial charge is 0.438 e. The van der Waals surface area contributed by atoms with E-state index in [1.54, 1.807) is 11.3 Å². The SMILES string of the molecule is Clc1ccc(-c2nc(-c3ccc4c(c3)c3ccccc3n4-c3ccccc3)nc3sc4ccccc4c23)cc1.Clc1nc(-c2ccc(-c3cccc4ccccc34)cc2)nc2oc3ccccc3c12.Clc1nc(-c2ccc(-c3ccccc3)c3ccccc23)nc2oc3ccccc3c12. The van der Waals surface area contributed by atoms with E-state index in [-0.39, 0.29) is 0 Å². The maximum absolute atomic E-state index is 6.60. The molecule has 13 heteroatoms. The fourth-order valence-electron chi connectivity index (χ4n) is 13.6. The van der Waals surface area contributed by atoms with Crippen molar-refractivity contribution in [3.63, 3.8) is 0 Å². The number of furan rings is 2. The van der Waals surface area contributed by atoms with Crippen molar-refractivity contribution in [3.05, 3.63) is 319 Å². The normalized spacial score (nSPS) is 11.6. The highest BCUT2D eigenvalue weighted by atomic mass is 35.5. The zero-order valence-electron chi connectivity index (χ0n) is 52.4. The predicted octanol–water partition coefficient (Wildman–Crippen LogP) is 25.0. The average molecular weight is 1350 g/mol. The predicted molar refractivity (Wildman–Crippen MR) is 411 cm³/mol. The molecule has 0 saturated carbocycles. The summed E-state index contributed by atoms with van der Waals surface area (Å²) in [6.45, 7) is 0. The first-order valence-electron chi connectivity index (χ1n) is 32.2. The molecule has 20 aromatic rings. The van der Waals surface area contributed by atoms with Crippen LogP contribution in [0.1, 0.15) is 0 Å². The summed E-state index contributed by atoms with van der Waals surface area (Å²) in [4.78, 5) is 29.8. The number of aromatic nitrogens is 7. The molecule has 99 heavy (non-hydrogen) atoms. The van der Waals surface area contributed by atoms with Gasteiger partial charge in [0.05, 0.1) is 27.5 Å². The third-order valence-corrected chi connectivity index (χ3v) is 20.0. The van der Waals surface area contributed by atoms with Gasteiger partial charge in [0.2, 0.25) is 11.4 Å². The van der Waals surface area contributed by atoms with Crippen molar-refractivity contribution in [1.82, 2.24) is 34.5 Å². The maximum atomic E-state index is 6.60. The van der Waals surface area contributed by atoms with Crippen LogP contribution < -0.4 is 0 Å². The Labute approximate surface area is 585 Å². The number of halogens is 3. The minimum atomic E-state index is 0.399. The van der Waals surface area contributed by atoms with Crippen LogP contribution in [-0.4, -0.2) is 34.5 Å². The number of benzene rings is 13. The summed E-state index contributed by atoms with van der Waals surface area (Å²) >= 11 is 21.1. The van der Waals surface area contributed by atoms with E-state index in [0.717, 1.165) is 104 Å². The van der Waals surface area contributed by atoms with Gasteiger partial charge < -0.3 is 13.4 Å². The monoisotopic (exact) mass is 1350 g/mol. The second-order valence-electron chi connectivity index (χ2n) is 24.0. The van der Waals surface area contributed by atoms with Crippen LogP contribution >= 0.6 is 46.1 Å². The molecule has 13 aromatic carbocycles. The molecule has 0 unspecified atom stereocenters. The molecule has 0 amide bonds. The molecule has 9 nitrogen and oxygen atoms in total. The van der Waals surface area contributed by atoms with Gasteiger partial charge in [-0.25, -0.2) is 19.9 Å². The van der Waals surface area contributed by atoms with E-state index in [1.807, 2.05) is 97.1 Å². The van der Waals surface area contributed by atoms with E-state index in [0.29, 0.717) is 38.4 Å². The van der Waals surface area contributed by atoms with Crippen LogP contribution in [0.5, 0.6) is 0 Å². The van der Waals surface area contributed by atoms with Crippen LogP contribution in [0.4, 0.5) is 0 Å². The summed E-state index contributed by atoms with van der Waals surface area (Å²) in [5.41, 5.74) is 15.5. The van der Waals surface area contributed by atoms with Gasteiger partial charge in [-0.2, -0.15) is 9.97 Å². The first kappa shape index (κ1) is 59.6. The van der Waals surface area contributed by atoms with Gasteiger partial charge in [0.25, 0.3) is 0 Å². The summed E-state index contributed by atoms with van der Waals surface area (Å²) in [7, 11) is 0. The van der Waals surface area contributed by atoms with Crippen LogP contribution in [0.3, 0.4) is 0 Å². The Morgan fingerprint density at radius 2 is 0.798 bits per heavy atom. The van der Waals surface area contributed by atoms with Crippen molar-refractivity contribution in [3.8, 4) is 73.4 Å². The lowest BCUT2D eigenvalue weighted by Crippen LogP contribution is -1.95. The topological polar surface area (TPSA) is 109 Å². The van der Waals surface area contributed by atoms with Crippen LogP contribution in [0.2, 0.25) is 15.3 Å². The fraction of sp³-hybridized carbons (Fsp3) is 0. The maximum Gasteiger partial charge on any atom is 0.232 e. The molecule has 0 aliphatic carbocycles. The third-order valence-electron chi connectivity index (χ3n) is 18.2. The number of fused-ring (bicyclic) bond motifs is 14. The molecule has 7 aromatic heterocycles. The van der Waals surface area contributed by atoms with Gasteiger partial charge >= 0.3 is 0 Å². The molecule has 0 N–H and O–H groups in total. The summed E-state index contributed by atoms with van der Waals surface area (Å²) < 4.78 is 15.4. The molecule has 0 bridgehead atoms. The van der Waals surface area contributed by atoms with Gasteiger partial charge in [-0.1, -0.05) is 265 Å². The number of nitrogens with zero attached hydrogens (tertiary/aromatic N) is 7. The van der Waals surface area contributed by atoms with E-state index >= 15 is 0 Å². The molecule has 0 saturated heterocycles. The van der Waals surface area contributed by atoms with Crippen LogP contribution in [-0.2, 0) is 0 Å². The Hall–Kier alpha value is -11.9. The Morgan fingerprint density at radius 1 is 0.303 bits per heavy atom. The standard InChI is InChI=1S/C34H20ClN3S.2C26H15ClN2O/c35-23-17-14-21(15-18-23)32-31-26-11-5-7-13-30(26)39-34(31)37-33(36-32)22-16-19-29-27(20-22)25-10-4-6-12-28(25)38(29)24-8-2-1-3-9-24;27-24-23-21-9-3-4-11-22(21)30-26(23)29-25(28-24)18-14-12-17(13-15-18)20-10-5-7-16-6-1-2-8-19(16)20;27-24-23-21-12-6-7-13-22(21)30-26(23)29-25(28-24)20-15-14-17(16-8-2-1-3-9-16)18-10-4-5-11-19(18)20/h1-20H;2*1-15H. The van der Waals surface area contributed by atoms with Gasteiger partial charge in [-0.3, -0.25) is 0 Å². The Kier molecular flexibility index (Phi) is 15.0. The number of hydrogen-bond donors (Lipinski definition) is 0. The molecule has 468 valence electrons. The Bertz CT molecular complexity index is 6530. The summed E-state index contributed by atoms with van der Waals surface area (Å²) in [5.74, 6) is 1.83. The van der Waals surface area contributed by atoms with E-state index in [2.05, 4.69) is 226 Å². The lowest BCUT2D eigenvalue weighted by atomic mass is 9.95. The molecule has 0 radical (unpaired) electrons. The van der Waals surface area contributed by atoms with Crippen LogP contribution in [0.25, 0.3) is 181 Å². The lowest BCUT2D eigenvalue weighted by molar-refractivity contribution is 0.653. The molecule has 0 aliphatic heterocycles. The number of rotatable bonds is 7. The van der Waals surface area contributed by atoms with Crippen molar-refractivity contribution in [1.29, 1.82) is 0 Å². The highest BCUT2D eigenvalue weighted by Gasteiger charge is 2.22. The smallest absolute Gasteiger partial charge is 0.232 e. The van der Waals surface area contributed by atoms with E-state index in [9.17, 15) is 0 Å². The second kappa shape index (κ2) is 25.0. The molecule has 0 fully saturated rings. The highest BCUT2D eigenvalue weighted by molar-refractivity contribution is 7.25. The highest BCUT2D eigenvalue weighted by Crippen LogP contribution is 2.43. The molecular formula is C86H50Cl3N7O2S. The minimum Gasteiger partial charge on any atom is -0.438 e. The molecular weight excluding hydrogens is 1300 g/mol. The number of para-hydroxylation sites is 4. The zero-order valence-corrected chi connectivity index (χ0v) is 55.4. The van der Waals surface area contributed by atoms with E-state index in [1.165, 1.54) is 53.8 Å². The fourth-order valence-corrected chi connectivity index (χ4v) is 15.3. The average Bonchev–Trinajstić information content (AvgIpc) is 1.63. The second-order valence-corrected chi connectivity index (χ2v) is 26.2. The van der Waals surface area contributed by atoms with Gasteiger partial charge in [0.1, 0.15) is 26.3 Å². The van der Waals surface area contributed by atoms with Gasteiger partial charge in [-0.05, 0) is 117 Å². The van der Waals surface area contributed by atoms with Crippen LogP contribution in [0, 0.1) is 0 Å². The molecule has 20 rings (SSSR count). The quantitative estimate of drug-likeness (QED) is 0.145. The van der Waals surface area contributed by atoms with Crippen LogP contribution in [0.15, 0.2) is 312 Å². The summed E-state index contributed by atoms with van der Waals surface area (Å²) in [5, 5.41) is 14.2. The minimum absolute atomic E-state index is 0.399. The van der Waals surface area contributed by atoms with Crippen molar-refractivity contribution < 1.29 is 8.83 Å². The first-order valence-corrected chi connectivity index (χ1v) is 34.2. The van der Waals surface area contributed by atoms with E-state index in [4.69, 9.17) is 58.6 Å². The zero-order chi connectivity index (χ0) is 66.1. The van der Waals surface area contributed by atoms with Gasteiger partial charge in [-0.15, -0.1) is 11.3 Å². The first-order chi connectivity index (χ1) is 48.8. The Morgan fingerprint density at radius 3 is 1.52 bits per heavy atom. The van der Waals surface area contributed by atoms with Gasteiger partial charge in [0.15, 0.2) is 17.5 Å². The molecule has 0 spiro atoms. The molecule has 7 heterocycles. The third kappa shape index (κ3) is 10.7. The molecule has 0 atom stereocenters. The van der Waals surface area contributed by atoms with Crippen molar-refractivity contribution in [2.24, 2.45) is 0 Å².